The summed E-state index contributed by atoms with van der Waals surface area (Å²) in [6.45, 7) is 3.70. The van der Waals surface area contributed by atoms with Crippen LogP contribution >= 0.6 is 11.3 Å². The van der Waals surface area contributed by atoms with Crippen LogP contribution in [-0.2, 0) is 21.2 Å². The Kier molecular flexibility index (Phi) is 6.48. The van der Waals surface area contributed by atoms with Crippen LogP contribution in [0.5, 0.6) is 0 Å². The van der Waals surface area contributed by atoms with Crippen LogP contribution in [0, 0.1) is 6.92 Å². The summed E-state index contributed by atoms with van der Waals surface area (Å²) in [6.07, 6.45) is 2.26. The number of anilines is 1. The van der Waals surface area contributed by atoms with E-state index in [1.54, 1.807) is 23.5 Å². The molecule has 0 spiro atoms. The normalized spacial score (nSPS) is 16.3. The van der Waals surface area contributed by atoms with Gasteiger partial charge in [0.15, 0.2) is 0 Å². The zero-order valence-corrected chi connectivity index (χ0v) is 18.5. The number of sulfonamides is 1. The fraction of sp³-hybridized carbons (Fsp3) is 0.318. The maximum absolute atomic E-state index is 12.8. The van der Waals surface area contributed by atoms with E-state index < -0.39 is 10.0 Å². The number of pyridine rings is 1. The van der Waals surface area contributed by atoms with Crippen molar-refractivity contribution in [2.75, 3.05) is 31.6 Å². The van der Waals surface area contributed by atoms with Crippen LogP contribution in [0.15, 0.2) is 65.0 Å². The van der Waals surface area contributed by atoms with Crippen LogP contribution in [0.1, 0.15) is 22.0 Å². The topological polar surface area (TPSA) is 71.5 Å². The average molecular weight is 444 g/mol. The van der Waals surface area contributed by atoms with E-state index in [0.29, 0.717) is 32.1 Å². The second kappa shape index (κ2) is 9.26. The van der Waals surface area contributed by atoms with Crippen molar-refractivity contribution < 1.29 is 13.2 Å². The molecule has 1 N–H and O–H groups in total. The average Bonchev–Trinajstić information content (AvgIpc) is 3.21. The van der Waals surface area contributed by atoms with Crippen molar-refractivity contribution in [2.45, 2.75) is 24.3 Å². The van der Waals surface area contributed by atoms with Gasteiger partial charge in [-0.1, -0.05) is 30.3 Å². The number of hydrogen-bond donors (Lipinski definition) is 1. The number of hydrogen-bond acceptors (Lipinski definition) is 6. The van der Waals surface area contributed by atoms with Crippen LogP contribution in [0.3, 0.4) is 0 Å². The molecule has 4 rings (SSSR count). The van der Waals surface area contributed by atoms with Crippen LogP contribution in [0.25, 0.3) is 0 Å². The van der Waals surface area contributed by atoms with Crippen molar-refractivity contribution in [2.24, 2.45) is 0 Å². The number of nitrogens with one attached hydrogen (secondary N) is 1. The Hall–Kier alpha value is -2.26. The molecule has 3 heterocycles. The first-order valence-corrected chi connectivity index (χ1v) is 12.2. The summed E-state index contributed by atoms with van der Waals surface area (Å²) in [7, 11) is -3.54. The van der Waals surface area contributed by atoms with Gasteiger partial charge < -0.3 is 10.1 Å². The second-order valence-corrected chi connectivity index (χ2v) is 10.1. The van der Waals surface area contributed by atoms with Gasteiger partial charge in [-0.3, -0.25) is 0 Å². The minimum atomic E-state index is -3.54. The summed E-state index contributed by atoms with van der Waals surface area (Å²) in [5.74, 6) is 0.657. The second-order valence-electron chi connectivity index (χ2n) is 7.25. The molecule has 2 aromatic heterocycles. The molecule has 1 saturated heterocycles. The summed E-state index contributed by atoms with van der Waals surface area (Å²) < 4.78 is 32.3. The third-order valence-corrected chi connectivity index (χ3v) is 8.18. The predicted octanol–water partition coefficient (Wildman–Crippen LogP) is 3.87. The van der Waals surface area contributed by atoms with Gasteiger partial charge in [-0.15, -0.1) is 11.3 Å². The minimum Gasteiger partial charge on any atom is -0.379 e. The van der Waals surface area contributed by atoms with E-state index in [4.69, 9.17) is 4.74 Å². The molecule has 1 aliphatic heterocycles. The Bertz CT molecular complexity index is 1060. The number of benzene rings is 1. The molecule has 1 atom stereocenters. The molecule has 158 valence electrons. The van der Waals surface area contributed by atoms with Gasteiger partial charge >= 0.3 is 0 Å². The molecule has 1 fully saturated rings. The van der Waals surface area contributed by atoms with E-state index in [0.717, 1.165) is 6.42 Å². The van der Waals surface area contributed by atoms with Crippen LogP contribution in [0.2, 0.25) is 0 Å². The summed E-state index contributed by atoms with van der Waals surface area (Å²) in [4.78, 5) is 5.88. The maximum Gasteiger partial charge on any atom is 0.244 e. The summed E-state index contributed by atoms with van der Waals surface area (Å²) in [5.41, 5.74) is 2.47. The molecule has 6 nitrogen and oxygen atoms in total. The molecule has 3 aromatic rings. The van der Waals surface area contributed by atoms with E-state index in [9.17, 15) is 8.42 Å². The molecule has 30 heavy (non-hydrogen) atoms. The number of thiophene rings is 1. The lowest BCUT2D eigenvalue weighted by Gasteiger charge is -2.26. The zero-order chi connectivity index (χ0) is 21.0. The van der Waals surface area contributed by atoms with Gasteiger partial charge in [-0.05, 0) is 48.1 Å². The van der Waals surface area contributed by atoms with Crippen molar-refractivity contribution in [3.8, 4) is 0 Å². The first-order chi connectivity index (χ1) is 14.5. The lowest BCUT2D eigenvalue weighted by molar-refractivity contribution is 0.0730. The Labute approximate surface area is 181 Å². The van der Waals surface area contributed by atoms with Gasteiger partial charge in [-0.25, -0.2) is 13.4 Å². The molecule has 8 heteroatoms. The summed E-state index contributed by atoms with van der Waals surface area (Å²) in [5, 5.41) is 5.59. The Morgan fingerprint density at radius 2 is 1.90 bits per heavy atom. The van der Waals surface area contributed by atoms with E-state index in [1.807, 2.05) is 18.2 Å². The number of aryl methyl sites for hydroxylation is 1. The van der Waals surface area contributed by atoms with E-state index in [-0.39, 0.29) is 10.9 Å². The molecule has 0 bridgehead atoms. The first kappa shape index (κ1) is 21.0. The van der Waals surface area contributed by atoms with Crippen molar-refractivity contribution in [3.63, 3.8) is 0 Å². The van der Waals surface area contributed by atoms with Crippen LogP contribution in [-0.4, -0.2) is 44.0 Å². The molecule has 1 unspecified atom stereocenters. The lowest BCUT2D eigenvalue weighted by Crippen LogP contribution is -2.40. The number of morpholine rings is 1. The van der Waals surface area contributed by atoms with Gasteiger partial charge in [0.1, 0.15) is 10.7 Å². The van der Waals surface area contributed by atoms with E-state index in [1.165, 1.54) is 26.5 Å². The highest BCUT2D eigenvalue weighted by atomic mass is 32.2. The van der Waals surface area contributed by atoms with Crippen molar-refractivity contribution in [1.82, 2.24) is 9.29 Å². The van der Waals surface area contributed by atoms with Gasteiger partial charge in [0.25, 0.3) is 0 Å². The number of nitrogens with zero attached hydrogens (tertiary/aromatic N) is 2. The third-order valence-electron chi connectivity index (χ3n) is 5.17. The fourth-order valence-corrected chi connectivity index (χ4v) is 5.87. The molecule has 0 amide bonds. The standard InChI is InChI=1S/C22H25N3O3S2/c1-17-9-14-29-22(17)20(15-18-5-3-2-4-6-18)24-21-8-7-19(16-23-21)30(26,27)25-10-12-28-13-11-25/h2-9,14,16,20H,10-13,15H2,1H3,(H,23,24). The number of ether oxygens (including phenoxy) is 1. The van der Waals surface area contributed by atoms with E-state index >= 15 is 0 Å². The SMILES string of the molecule is Cc1ccsc1C(Cc1ccccc1)Nc1ccc(S(=O)(=O)N2CCOCC2)cn1. The van der Waals surface area contributed by atoms with Crippen LogP contribution < -0.4 is 5.32 Å². The summed E-state index contributed by atoms with van der Waals surface area (Å²) in [6, 6.07) is 15.9. The highest BCUT2D eigenvalue weighted by Gasteiger charge is 2.26. The molecular weight excluding hydrogens is 418 g/mol. The fourth-order valence-electron chi connectivity index (χ4n) is 3.53. The Morgan fingerprint density at radius 3 is 2.53 bits per heavy atom. The van der Waals surface area contributed by atoms with Crippen molar-refractivity contribution >= 4 is 27.2 Å². The minimum absolute atomic E-state index is 0.0570. The third kappa shape index (κ3) is 4.73. The monoisotopic (exact) mass is 443 g/mol. The summed E-state index contributed by atoms with van der Waals surface area (Å²) >= 11 is 1.72. The van der Waals surface area contributed by atoms with Gasteiger partial charge in [0.05, 0.1) is 19.3 Å². The Balaban J connectivity index is 1.54. The quantitative estimate of drug-likeness (QED) is 0.600. The Morgan fingerprint density at radius 1 is 1.13 bits per heavy atom. The molecule has 0 saturated carbocycles. The van der Waals surface area contributed by atoms with Crippen LogP contribution in [0.4, 0.5) is 5.82 Å². The van der Waals surface area contributed by atoms with Gasteiger partial charge in [0, 0.05) is 24.2 Å². The highest BCUT2D eigenvalue weighted by Crippen LogP contribution is 2.30. The predicted molar refractivity (Wildman–Crippen MR) is 119 cm³/mol. The van der Waals surface area contributed by atoms with E-state index in [2.05, 4.69) is 40.8 Å². The number of aromatic nitrogens is 1. The number of rotatable bonds is 7. The first-order valence-electron chi connectivity index (χ1n) is 9.92. The lowest BCUT2D eigenvalue weighted by atomic mass is 10.0. The smallest absolute Gasteiger partial charge is 0.244 e. The zero-order valence-electron chi connectivity index (χ0n) is 16.8. The maximum atomic E-state index is 12.8. The largest absolute Gasteiger partial charge is 0.379 e. The molecule has 1 aromatic carbocycles. The van der Waals surface area contributed by atoms with Gasteiger partial charge in [0.2, 0.25) is 10.0 Å². The highest BCUT2D eigenvalue weighted by molar-refractivity contribution is 7.89. The van der Waals surface area contributed by atoms with Gasteiger partial charge in [-0.2, -0.15) is 4.31 Å². The molecule has 1 aliphatic rings. The van der Waals surface area contributed by atoms with Crippen molar-refractivity contribution in [3.05, 3.63) is 76.1 Å². The molecular formula is C22H25N3O3S2. The van der Waals surface area contributed by atoms with Crippen molar-refractivity contribution in [1.29, 1.82) is 0 Å². The molecule has 0 radical (unpaired) electrons. The molecule has 0 aliphatic carbocycles.